The summed E-state index contributed by atoms with van der Waals surface area (Å²) < 4.78 is 14.9. The summed E-state index contributed by atoms with van der Waals surface area (Å²) in [4.78, 5) is 21.0. The van der Waals surface area contributed by atoms with E-state index in [4.69, 9.17) is 0 Å². The van der Waals surface area contributed by atoms with Gasteiger partial charge in [0.05, 0.1) is 9.90 Å². The van der Waals surface area contributed by atoms with Crippen LogP contribution >= 0.6 is 23.1 Å². The summed E-state index contributed by atoms with van der Waals surface area (Å²) >= 11 is 3.02. The molecule has 1 aliphatic rings. The SMILES string of the molecule is O=C(Nc1nc(C2CC2)c(SCc2ccccc2F)s1)c1ccccn1. The average molecular weight is 385 g/mol. The highest BCUT2D eigenvalue weighted by molar-refractivity contribution is 8.00. The number of anilines is 1. The molecule has 1 amide bonds. The van der Waals surface area contributed by atoms with Gasteiger partial charge in [-0.2, -0.15) is 0 Å². The van der Waals surface area contributed by atoms with Crippen molar-refractivity contribution in [1.82, 2.24) is 9.97 Å². The number of thiazole rings is 1. The van der Waals surface area contributed by atoms with Crippen LogP contribution in [0.4, 0.5) is 9.52 Å². The van der Waals surface area contributed by atoms with Crippen molar-refractivity contribution in [2.75, 3.05) is 5.32 Å². The molecule has 2 heterocycles. The molecular weight excluding hydrogens is 369 g/mol. The van der Waals surface area contributed by atoms with Gasteiger partial charge in [0.15, 0.2) is 5.13 Å². The summed E-state index contributed by atoms with van der Waals surface area (Å²) in [6, 6.07) is 12.0. The van der Waals surface area contributed by atoms with Crippen molar-refractivity contribution in [2.45, 2.75) is 28.7 Å². The Bertz CT molecular complexity index is 926. The first-order valence-corrected chi connectivity index (χ1v) is 10.1. The predicted molar refractivity (Wildman–Crippen MR) is 102 cm³/mol. The maximum absolute atomic E-state index is 13.8. The molecule has 0 aliphatic heterocycles. The van der Waals surface area contributed by atoms with Crippen LogP contribution in [0.25, 0.3) is 0 Å². The molecule has 26 heavy (non-hydrogen) atoms. The lowest BCUT2D eigenvalue weighted by Crippen LogP contribution is -2.13. The Balaban J connectivity index is 1.50. The van der Waals surface area contributed by atoms with E-state index < -0.39 is 0 Å². The van der Waals surface area contributed by atoms with Gasteiger partial charge in [-0.05, 0) is 36.6 Å². The van der Waals surface area contributed by atoms with Crippen LogP contribution in [0, 0.1) is 5.82 Å². The van der Waals surface area contributed by atoms with Gasteiger partial charge >= 0.3 is 0 Å². The summed E-state index contributed by atoms with van der Waals surface area (Å²) in [5, 5.41) is 3.40. The molecule has 1 fully saturated rings. The Morgan fingerprint density at radius 2 is 2.04 bits per heavy atom. The van der Waals surface area contributed by atoms with Gasteiger partial charge in [-0.1, -0.05) is 35.6 Å². The highest BCUT2D eigenvalue weighted by atomic mass is 32.2. The number of carbonyl (C=O) groups is 1. The number of nitrogens with one attached hydrogen (secondary N) is 1. The van der Waals surface area contributed by atoms with Crippen molar-refractivity contribution < 1.29 is 9.18 Å². The first-order valence-electron chi connectivity index (χ1n) is 8.30. The Labute approximate surface area is 158 Å². The number of halogens is 1. The molecule has 0 spiro atoms. The number of nitrogens with zero attached hydrogens (tertiary/aromatic N) is 2. The van der Waals surface area contributed by atoms with E-state index in [1.807, 2.05) is 6.07 Å². The van der Waals surface area contributed by atoms with E-state index in [1.165, 1.54) is 17.4 Å². The molecule has 3 aromatic rings. The molecule has 1 saturated carbocycles. The summed E-state index contributed by atoms with van der Waals surface area (Å²) in [5.41, 5.74) is 2.05. The van der Waals surface area contributed by atoms with Crippen LogP contribution in [0.2, 0.25) is 0 Å². The van der Waals surface area contributed by atoms with Crippen LogP contribution in [-0.2, 0) is 5.75 Å². The zero-order chi connectivity index (χ0) is 17.9. The number of hydrogen-bond donors (Lipinski definition) is 1. The largest absolute Gasteiger partial charge is 0.296 e. The number of amides is 1. The predicted octanol–water partition coefficient (Wildman–Crippen LogP) is 5.10. The summed E-state index contributed by atoms with van der Waals surface area (Å²) in [6.45, 7) is 0. The summed E-state index contributed by atoms with van der Waals surface area (Å²) in [7, 11) is 0. The number of rotatable bonds is 6. The molecule has 0 bridgehead atoms. The second-order valence-corrected chi connectivity index (χ2v) is 8.26. The van der Waals surface area contributed by atoms with Gasteiger partial charge in [0, 0.05) is 17.9 Å². The Morgan fingerprint density at radius 1 is 1.23 bits per heavy atom. The average Bonchev–Trinajstić information content (AvgIpc) is 3.43. The highest BCUT2D eigenvalue weighted by Gasteiger charge is 2.30. The first kappa shape index (κ1) is 17.2. The monoisotopic (exact) mass is 385 g/mol. The Morgan fingerprint density at radius 3 is 2.77 bits per heavy atom. The zero-order valence-corrected chi connectivity index (χ0v) is 15.4. The minimum atomic E-state index is -0.271. The van der Waals surface area contributed by atoms with Gasteiger partial charge in [0.2, 0.25) is 0 Å². The van der Waals surface area contributed by atoms with Gasteiger partial charge in [-0.25, -0.2) is 9.37 Å². The van der Waals surface area contributed by atoms with Crippen molar-refractivity contribution >= 4 is 34.1 Å². The van der Waals surface area contributed by atoms with E-state index in [1.54, 1.807) is 48.3 Å². The van der Waals surface area contributed by atoms with E-state index in [2.05, 4.69) is 15.3 Å². The molecule has 7 heteroatoms. The topological polar surface area (TPSA) is 54.9 Å². The first-order chi connectivity index (χ1) is 12.7. The number of hydrogen-bond acceptors (Lipinski definition) is 5. The maximum Gasteiger partial charge on any atom is 0.276 e. The van der Waals surface area contributed by atoms with Crippen molar-refractivity contribution in [2.24, 2.45) is 0 Å². The quantitative estimate of drug-likeness (QED) is 0.600. The molecule has 0 atom stereocenters. The maximum atomic E-state index is 13.8. The van der Waals surface area contributed by atoms with Crippen molar-refractivity contribution in [3.05, 3.63) is 71.4 Å². The fourth-order valence-corrected chi connectivity index (χ4v) is 4.82. The van der Waals surface area contributed by atoms with Crippen LogP contribution in [-0.4, -0.2) is 15.9 Å². The van der Waals surface area contributed by atoms with E-state index in [0.717, 1.165) is 22.7 Å². The molecule has 4 rings (SSSR count). The van der Waals surface area contributed by atoms with Gasteiger partial charge in [-0.3, -0.25) is 15.1 Å². The van der Waals surface area contributed by atoms with Gasteiger partial charge in [0.1, 0.15) is 11.5 Å². The fraction of sp³-hybridized carbons (Fsp3) is 0.211. The van der Waals surface area contributed by atoms with Crippen LogP contribution < -0.4 is 5.32 Å². The number of thioether (sulfide) groups is 1. The van der Waals surface area contributed by atoms with Gasteiger partial charge in [0.25, 0.3) is 5.91 Å². The second kappa shape index (κ2) is 7.55. The van der Waals surface area contributed by atoms with Gasteiger partial charge in [-0.15, -0.1) is 11.8 Å². The lowest BCUT2D eigenvalue weighted by molar-refractivity contribution is 0.102. The smallest absolute Gasteiger partial charge is 0.276 e. The molecule has 2 aromatic heterocycles. The van der Waals surface area contributed by atoms with Crippen molar-refractivity contribution in [1.29, 1.82) is 0 Å². The number of carbonyl (C=O) groups excluding carboxylic acids is 1. The van der Waals surface area contributed by atoms with Crippen LogP contribution in [0.1, 0.15) is 40.5 Å². The zero-order valence-electron chi connectivity index (χ0n) is 13.8. The van der Waals surface area contributed by atoms with E-state index in [9.17, 15) is 9.18 Å². The van der Waals surface area contributed by atoms with E-state index in [-0.39, 0.29) is 11.7 Å². The minimum Gasteiger partial charge on any atom is -0.296 e. The third kappa shape index (κ3) is 3.94. The summed E-state index contributed by atoms with van der Waals surface area (Å²) in [5.74, 6) is 0.533. The Kier molecular flexibility index (Phi) is 4.99. The molecular formula is C19H16FN3OS2. The van der Waals surface area contributed by atoms with E-state index >= 15 is 0 Å². The summed E-state index contributed by atoms with van der Waals surface area (Å²) in [6.07, 6.45) is 3.82. The lowest BCUT2D eigenvalue weighted by Gasteiger charge is -2.02. The van der Waals surface area contributed by atoms with E-state index in [0.29, 0.717) is 28.1 Å². The van der Waals surface area contributed by atoms with Crippen molar-refractivity contribution in [3.8, 4) is 0 Å². The molecule has 1 aliphatic carbocycles. The third-order valence-electron chi connectivity index (χ3n) is 4.02. The number of pyridine rings is 1. The molecule has 132 valence electrons. The van der Waals surface area contributed by atoms with Crippen LogP contribution in [0.5, 0.6) is 0 Å². The fourth-order valence-electron chi connectivity index (χ4n) is 2.51. The molecule has 1 N–H and O–H groups in total. The highest BCUT2D eigenvalue weighted by Crippen LogP contribution is 2.47. The third-order valence-corrected chi connectivity index (χ3v) is 6.33. The molecule has 0 unspecified atom stereocenters. The van der Waals surface area contributed by atoms with Gasteiger partial charge < -0.3 is 0 Å². The molecule has 0 radical (unpaired) electrons. The van der Waals surface area contributed by atoms with Crippen LogP contribution in [0.15, 0.2) is 52.9 Å². The molecule has 4 nitrogen and oxygen atoms in total. The standard InChI is InChI=1S/C19H16FN3OS2/c20-14-6-2-1-5-13(14)11-25-18-16(12-8-9-12)22-19(26-18)23-17(24)15-7-3-4-10-21-15/h1-7,10,12H,8-9,11H2,(H,22,23,24). The van der Waals surface area contributed by atoms with Crippen LogP contribution in [0.3, 0.4) is 0 Å². The normalized spacial score (nSPS) is 13.6. The lowest BCUT2D eigenvalue weighted by atomic mass is 10.2. The minimum absolute atomic E-state index is 0.193. The second-order valence-electron chi connectivity index (χ2n) is 6.02. The van der Waals surface area contributed by atoms with Crippen molar-refractivity contribution in [3.63, 3.8) is 0 Å². The number of aromatic nitrogens is 2. The molecule has 1 aromatic carbocycles. The number of benzene rings is 1. The Hall–Kier alpha value is -2.25. The molecule has 0 saturated heterocycles.